The molecule has 5 nitrogen and oxygen atoms in total. The molecule has 32 heavy (non-hydrogen) atoms. The Morgan fingerprint density at radius 1 is 1.19 bits per heavy atom. The Hall–Kier alpha value is -3.27. The van der Waals surface area contributed by atoms with Crippen LogP contribution in [-0.2, 0) is 4.74 Å². The van der Waals surface area contributed by atoms with Crippen molar-refractivity contribution in [2.75, 3.05) is 18.0 Å². The normalized spacial score (nSPS) is 22.3. The number of cyclic esters (lactones) is 1. The zero-order chi connectivity index (χ0) is 22.5. The van der Waals surface area contributed by atoms with Crippen molar-refractivity contribution >= 4 is 23.4 Å². The highest BCUT2D eigenvalue weighted by atomic mass is 35.5. The number of carbonyl (C=O) groups excluding carboxylic acids is 1. The van der Waals surface area contributed by atoms with E-state index in [1.165, 1.54) is 6.08 Å². The van der Waals surface area contributed by atoms with Gasteiger partial charge in [0.05, 0.1) is 12.6 Å². The summed E-state index contributed by atoms with van der Waals surface area (Å²) in [4.78, 5) is 14.4. The summed E-state index contributed by atoms with van der Waals surface area (Å²) in [5, 5.41) is 3.71. The van der Waals surface area contributed by atoms with E-state index in [-0.39, 0.29) is 24.2 Å². The largest absolute Gasteiger partial charge is 0.457 e. The molecular weight excluding hydrogens is 431 g/mol. The number of amides is 1. The van der Waals surface area contributed by atoms with Gasteiger partial charge >= 0.3 is 6.09 Å². The van der Waals surface area contributed by atoms with E-state index in [0.29, 0.717) is 35.3 Å². The van der Waals surface area contributed by atoms with Gasteiger partial charge in [-0.25, -0.2) is 9.18 Å². The Morgan fingerprint density at radius 2 is 1.88 bits per heavy atom. The highest BCUT2D eigenvalue weighted by Gasteiger charge is 2.46. The van der Waals surface area contributed by atoms with Crippen LogP contribution in [0.3, 0.4) is 0 Å². The first-order valence-electron chi connectivity index (χ1n) is 10.3. The van der Waals surface area contributed by atoms with Crippen LogP contribution < -0.4 is 15.0 Å². The van der Waals surface area contributed by atoms with Gasteiger partial charge in [-0.3, -0.25) is 4.90 Å². The molecule has 164 valence electrons. The van der Waals surface area contributed by atoms with Crippen molar-refractivity contribution in [3.63, 3.8) is 0 Å². The number of nitrogens with zero attached hydrogens (tertiary/aromatic N) is 1. The van der Waals surface area contributed by atoms with Crippen molar-refractivity contribution in [2.45, 2.75) is 18.6 Å². The Kier molecular flexibility index (Phi) is 6.79. The summed E-state index contributed by atoms with van der Waals surface area (Å²) in [5.74, 6) is 3.31. The van der Waals surface area contributed by atoms with E-state index >= 15 is 0 Å². The second-order valence-electron chi connectivity index (χ2n) is 7.53. The molecule has 2 aliphatic rings. The highest BCUT2D eigenvalue weighted by molar-refractivity contribution is 6.30. The minimum Gasteiger partial charge on any atom is -0.457 e. The maximum atomic E-state index is 14.0. The third kappa shape index (κ3) is 4.96. The van der Waals surface area contributed by atoms with Crippen LogP contribution in [0.4, 0.5) is 14.9 Å². The van der Waals surface area contributed by atoms with E-state index in [4.69, 9.17) is 27.5 Å². The lowest BCUT2D eigenvalue weighted by Crippen LogP contribution is -2.45. The maximum absolute atomic E-state index is 14.0. The monoisotopic (exact) mass is 452 g/mol. The zero-order valence-corrected chi connectivity index (χ0v) is 18.0. The Labute approximate surface area is 191 Å². The first-order chi connectivity index (χ1) is 15.5. The van der Waals surface area contributed by atoms with Gasteiger partial charge < -0.3 is 14.8 Å². The third-order valence-electron chi connectivity index (χ3n) is 5.37. The van der Waals surface area contributed by atoms with E-state index in [0.717, 1.165) is 0 Å². The number of ether oxygens (including phenoxy) is 2. The van der Waals surface area contributed by atoms with Crippen LogP contribution in [0.15, 0.2) is 72.6 Å². The van der Waals surface area contributed by atoms with Crippen molar-refractivity contribution in [1.82, 2.24) is 5.32 Å². The topological polar surface area (TPSA) is 50.8 Å². The molecule has 0 spiro atoms. The van der Waals surface area contributed by atoms with Gasteiger partial charge in [-0.15, -0.1) is 6.42 Å². The summed E-state index contributed by atoms with van der Waals surface area (Å²) in [6, 6.07) is 13.8. The third-order valence-corrected chi connectivity index (χ3v) is 5.62. The number of carbonyl (C=O) groups is 1. The van der Waals surface area contributed by atoms with Crippen LogP contribution in [-0.4, -0.2) is 31.3 Å². The number of rotatable bonds is 7. The SMILES string of the molecule is C#CCNC[C@@H]1OC(=O)N(c2ccc(Oc3ccc(Cl)cc3)cc2)[C@H]1C1C=CC=C(F)C1. The molecule has 2 aromatic rings. The molecule has 1 heterocycles. The van der Waals surface area contributed by atoms with Crippen LogP contribution in [0.1, 0.15) is 6.42 Å². The fourth-order valence-electron chi connectivity index (χ4n) is 3.95. The molecule has 1 fully saturated rings. The lowest BCUT2D eigenvalue weighted by atomic mass is 9.87. The predicted octanol–water partition coefficient (Wildman–Crippen LogP) is 5.48. The summed E-state index contributed by atoms with van der Waals surface area (Å²) in [5.41, 5.74) is 0.645. The van der Waals surface area contributed by atoms with Gasteiger partial charge in [0.2, 0.25) is 0 Å². The van der Waals surface area contributed by atoms with Crippen molar-refractivity contribution in [3.8, 4) is 23.8 Å². The second kappa shape index (κ2) is 9.90. The van der Waals surface area contributed by atoms with Gasteiger partial charge in [-0.1, -0.05) is 29.7 Å². The Bertz CT molecular complexity index is 1060. The van der Waals surface area contributed by atoms with Crippen LogP contribution in [0.2, 0.25) is 5.02 Å². The molecule has 3 atom stereocenters. The highest BCUT2D eigenvalue weighted by Crippen LogP contribution is 2.37. The molecule has 0 aromatic heterocycles. The number of hydrogen-bond donors (Lipinski definition) is 1. The molecule has 1 aliphatic carbocycles. The molecule has 0 radical (unpaired) electrons. The summed E-state index contributed by atoms with van der Waals surface area (Å²) in [7, 11) is 0. The molecule has 7 heteroatoms. The van der Waals surface area contributed by atoms with Crippen LogP contribution in [0, 0.1) is 18.3 Å². The fourth-order valence-corrected chi connectivity index (χ4v) is 4.08. The molecule has 0 bridgehead atoms. The summed E-state index contributed by atoms with van der Waals surface area (Å²) >= 11 is 5.91. The lowest BCUT2D eigenvalue weighted by molar-refractivity contribution is 0.125. The molecule has 1 aliphatic heterocycles. The van der Waals surface area contributed by atoms with Gasteiger partial charge in [0.1, 0.15) is 23.4 Å². The van der Waals surface area contributed by atoms with E-state index in [1.807, 2.05) is 6.08 Å². The van der Waals surface area contributed by atoms with E-state index in [1.54, 1.807) is 59.5 Å². The zero-order valence-electron chi connectivity index (χ0n) is 17.2. The van der Waals surface area contributed by atoms with Crippen molar-refractivity contribution < 1.29 is 18.7 Å². The van der Waals surface area contributed by atoms with Gasteiger partial charge in [0, 0.05) is 29.6 Å². The Balaban J connectivity index is 1.55. The molecule has 1 unspecified atom stereocenters. The van der Waals surface area contributed by atoms with Crippen molar-refractivity contribution in [1.29, 1.82) is 0 Å². The van der Waals surface area contributed by atoms with Gasteiger partial charge in [0.15, 0.2) is 0 Å². The molecule has 1 saturated heterocycles. The van der Waals surface area contributed by atoms with Crippen LogP contribution >= 0.6 is 11.6 Å². The van der Waals surface area contributed by atoms with Gasteiger partial charge in [-0.05, 0) is 54.6 Å². The summed E-state index contributed by atoms with van der Waals surface area (Å²) < 4.78 is 25.5. The maximum Gasteiger partial charge on any atom is 0.415 e. The fraction of sp³-hybridized carbons (Fsp3) is 0.240. The number of benzene rings is 2. The molecular formula is C25H22ClFN2O3. The minimum atomic E-state index is -0.475. The standard InChI is InChI=1S/C25H22ClFN2O3/c1-2-14-28-16-23-24(17-4-3-5-19(27)15-17)29(25(30)32-23)20-8-12-22(13-9-20)31-21-10-6-18(26)7-11-21/h1,3-13,17,23-24,28H,14-16H2/t17?,23-,24-/m0/s1. The number of nitrogens with one attached hydrogen (secondary N) is 1. The smallest absolute Gasteiger partial charge is 0.415 e. The number of hydrogen-bond acceptors (Lipinski definition) is 4. The second-order valence-corrected chi connectivity index (χ2v) is 7.97. The lowest BCUT2D eigenvalue weighted by Gasteiger charge is -2.31. The molecule has 4 rings (SSSR count). The van der Waals surface area contributed by atoms with Crippen LogP contribution in [0.5, 0.6) is 11.5 Å². The van der Waals surface area contributed by atoms with Gasteiger partial charge in [0.25, 0.3) is 0 Å². The number of halogens is 2. The van der Waals surface area contributed by atoms with E-state index < -0.39 is 12.2 Å². The first kappa shape index (κ1) is 21.9. The minimum absolute atomic E-state index is 0.206. The van der Waals surface area contributed by atoms with E-state index in [2.05, 4.69) is 11.2 Å². The summed E-state index contributed by atoms with van der Waals surface area (Å²) in [6.45, 7) is 0.733. The van der Waals surface area contributed by atoms with Crippen molar-refractivity contribution in [3.05, 3.63) is 77.6 Å². The van der Waals surface area contributed by atoms with Crippen molar-refractivity contribution in [2.24, 2.45) is 5.92 Å². The average Bonchev–Trinajstić information content (AvgIpc) is 3.12. The molecule has 2 aromatic carbocycles. The average molecular weight is 453 g/mol. The van der Waals surface area contributed by atoms with Gasteiger partial charge in [-0.2, -0.15) is 0 Å². The first-order valence-corrected chi connectivity index (χ1v) is 10.6. The number of anilines is 1. The molecule has 0 saturated carbocycles. The summed E-state index contributed by atoms with van der Waals surface area (Å²) in [6.07, 6.45) is 9.60. The quantitative estimate of drug-likeness (QED) is 0.446. The molecule has 1 N–H and O–H groups in total. The van der Waals surface area contributed by atoms with E-state index in [9.17, 15) is 9.18 Å². The number of allylic oxidation sites excluding steroid dienone is 3. The van der Waals surface area contributed by atoms with Crippen LogP contribution in [0.25, 0.3) is 0 Å². The molecule has 1 amide bonds. The predicted molar refractivity (Wildman–Crippen MR) is 123 cm³/mol. The number of terminal acetylenes is 1. The Morgan fingerprint density at radius 3 is 2.53 bits per heavy atom.